The maximum Gasteiger partial charge on any atom is 0.326 e. The Morgan fingerprint density at radius 3 is 1.02 bits per heavy atom. The lowest BCUT2D eigenvalue weighted by atomic mass is 10.0. The average Bonchev–Trinajstić information content (AvgIpc) is 3.08. The van der Waals surface area contributed by atoms with Crippen molar-refractivity contribution >= 4 is 35.6 Å². The molecule has 16 heteroatoms. The molecule has 0 aromatic heterocycles. The number of nitrogens with one attached hydrogen (secondary N) is 3. The number of hydrogen-bond donors (Lipinski definition) is 6. The van der Waals surface area contributed by atoms with Crippen molar-refractivity contribution in [1.82, 2.24) is 35.6 Å². The molecule has 1 aliphatic rings. The van der Waals surface area contributed by atoms with Crippen LogP contribution in [0.3, 0.4) is 0 Å². The number of aliphatic carboxylic acids is 3. The number of nitrogens with zero attached hydrogens (tertiary/aromatic N) is 4. The summed E-state index contributed by atoms with van der Waals surface area (Å²) in [6.07, 6.45) is 0.826. The standard InChI is InChI=1S/C39H65N7O9/c1-27(2)20-31(37(50)51)40-34(47)24-44-14-12-43(23-30-10-8-7-9-11-30)13-15-45(25-35(48)41-32(38(52)53)21-28(3)4)17-19-46(18-16-44)26-36(49)42-33(39(54)55)22-29(5)6/h7-11,27-29,31-33H,12-26H2,1-6H3,(H,40,47)(H,41,48)(H,42,49)(H,50,51)(H,52,53)(H,54,55)/t31-,32-,33-/m0/s1. The van der Waals surface area contributed by atoms with Gasteiger partial charge in [-0.1, -0.05) is 71.9 Å². The van der Waals surface area contributed by atoms with Gasteiger partial charge in [0.1, 0.15) is 18.1 Å². The maximum absolute atomic E-state index is 13.3. The number of carboxylic acid groups (broad SMARTS) is 3. The second kappa shape index (κ2) is 24.4. The molecule has 0 aliphatic carbocycles. The van der Waals surface area contributed by atoms with Gasteiger partial charge < -0.3 is 31.3 Å². The molecule has 0 bridgehead atoms. The number of benzene rings is 1. The third kappa shape index (κ3) is 19.9. The van der Waals surface area contributed by atoms with E-state index in [0.29, 0.717) is 58.9 Å². The number of carboxylic acids is 3. The molecule has 1 aromatic carbocycles. The molecule has 6 N–H and O–H groups in total. The Morgan fingerprint density at radius 2 is 0.764 bits per heavy atom. The van der Waals surface area contributed by atoms with Crippen LogP contribution in [-0.4, -0.2) is 161 Å². The van der Waals surface area contributed by atoms with Crippen LogP contribution in [0.4, 0.5) is 0 Å². The number of rotatable bonds is 20. The SMILES string of the molecule is CC(C)C[C@H](NC(=O)CN1CCN(CC(=O)N[C@@H](CC(C)C)C(=O)O)CCN(Cc2ccccc2)CCN(CC(=O)N[C@@H](CC(C)C)C(=O)O)CC1)C(=O)O. The van der Waals surface area contributed by atoms with Gasteiger partial charge in [-0.15, -0.1) is 0 Å². The summed E-state index contributed by atoms with van der Waals surface area (Å²) in [5, 5.41) is 37.2. The highest BCUT2D eigenvalue weighted by molar-refractivity contribution is 5.86. The minimum Gasteiger partial charge on any atom is -0.480 e. The highest BCUT2D eigenvalue weighted by Gasteiger charge is 2.27. The van der Waals surface area contributed by atoms with Crippen LogP contribution in [0.1, 0.15) is 66.4 Å². The highest BCUT2D eigenvalue weighted by atomic mass is 16.4. The van der Waals surface area contributed by atoms with Crippen LogP contribution in [0.2, 0.25) is 0 Å². The second-order valence-electron chi connectivity index (χ2n) is 15.9. The molecule has 310 valence electrons. The van der Waals surface area contributed by atoms with Gasteiger partial charge in [-0.05, 0) is 42.6 Å². The van der Waals surface area contributed by atoms with E-state index in [2.05, 4.69) is 20.9 Å². The Morgan fingerprint density at radius 1 is 0.491 bits per heavy atom. The summed E-state index contributed by atoms with van der Waals surface area (Å²) in [6.45, 7) is 14.9. The van der Waals surface area contributed by atoms with Crippen LogP contribution in [0.15, 0.2) is 30.3 Å². The van der Waals surface area contributed by atoms with Crippen LogP contribution in [0.25, 0.3) is 0 Å². The molecule has 1 aromatic rings. The average molecular weight is 776 g/mol. The van der Waals surface area contributed by atoms with Gasteiger partial charge in [0, 0.05) is 58.9 Å². The quantitative estimate of drug-likeness (QED) is 0.110. The first kappa shape index (κ1) is 47.0. The molecule has 1 aliphatic heterocycles. The van der Waals surface area contributed by atoms with E-state index in [4.69, 9.17) is 0 Å². The topological polar surface area (TPSA) is 212 Å². The molecular weight excluding hydrogens is 710 g/mol. The number of amides is 3. The molecule has 1 saturated heterocycles. The molecule has 2 rings (SSSR count). The summed E-state index contributed by atoms with van der Waals surface area (Å²) in [7, 11) is 0. The van der Waals surface area contributed by atoms with Crippen LogP contribution in [0, 0.1) is 17.8 Å². The van der Waals surface area contributed by atoms with Crippen molar-refractivity contribution in [2.24, 2.45) is 17.8 Å². The lowest BCUT2D eigenvalue weighted by Crippen LogP contribution is -2.52. The Kier molecular flexibility index (Phi) is 20.9. The molecule has 3 amide bonds. The fourth-order valence-corrected chi connectivity index (χ4v) is 6.46. The maximum atomic E-state index is 13.3. The number of carbonyl (C=O) groups excluding carboxylic acids is 3. The first-order valence-electron chi connectivity index (χ1n) is 19.4. The first-order chi connectivity index (χ1) is 25.9. The van der Waals surface area contributed by atoms with E-state index in [1.165, 1.54) is 0 Å². The van der Waals surface area contributed by atoms with Gasteiger partial charge in [-0.2, -0.15) is 0 Å². The molecule has 1 heterocycles. The summed E-state index contributed by atoms with van der Waals surface area (Å²) < 4.78 is 0. The van der Waals surface area contributed by atoms with E-state index in [1.807, 2.05) is 86.6 Å². The molecular formula is C39H65N7O9. The van der Waals surface area contributed by atoms with Crippen LogP contribution >= 0.6 is 0 Å². The van der Waals surface area contributed by atoms with Crippen molar-refractivity contribution in [1.29, 1.82) is 0 Å². The minimum absolute atomic E-state index is 0.0337. The molecule has 0 radical (unpaired) electrons. The highest BCUT2D eigenvalue weighted by Crippen LogP contribution is 2.10. The third-order valence-electron chi connectivity index (χ3n) is 9.30. The van der Waals surface area contributed by atoms with Gasteiger partial charge in [-0.25, -0.2) is 14.4 Å². The Bertz CT molecular complexity index is 1320. The van der Waals surface area contributed by atoms with Crippen molar-refractivity contribution in [3.63, 3.8) is 0 Å². The van der Waals surface area contributed by atoms with E-state index in [9.17, 15) is 44.1 Å². The van der Waals surface area contributed by atoms with Gasteiger partial charge in [0.15, 0.2) is 0 Å². The predicted octanol–water partition coefficient (Wildman–Crippen LogP) is 1.25. The zero-order valence-electron chi connectivity index (χ0n) is 33.5. The van der Waals surface area contributed by atoms with Crippen LogP contribution in [0.5, 0.6) is 0 Å². The third-order valence-corrected chi connectivity index (χ3v) is 9.30. The minimum atomic E-state index is -1.13. The lowest BCUT2D eigenvalue weighted by Gasteiger charge is -2.34. The van der Waals surface area contributed by atoms with E-state index in [-0.39, 0.29) is 56.7 Å². The summed E-state index contributed by atoms with van der Waals surface area (Å²) >= 11 is 0. The largest absolute Gasteiger partial charge is 0.480 e. The fraction of sp³-hybridized carbons (Fsp3) is 0.692. The second-order valence-corrected chi connectivity index (χ2v) is 15.9. The summed E-state index contributed by atoms with van der Waals surface area (Å²) in [6, 6.07) is 6.78. The molecule has 55 heavy (non-hydrogen) atoms. The number of carbonyl (C=O) groups is 6. The summed E-state index contributed by atoms with van der Waals surface area (Å²) in [5.41, 5.74) is 1.08. The van der Waals surface area contributed by atoms with E-state index < -0.39 is 53.8 Å². The fourth-order valence-electron chi connectivity index (χ4n) is 6.46. The Balaban J connectivity index is 2.37. The van der Waals surface area contributed by atoms with Gasteiger partial charge in [0.25, 0.3) is 0 Å². The van der Waals surface area contributed by atoms with Crippen molar-refractivity contribution in [3.05, 3.63) is 35.9 Å². The van der Waals surface area contributed by atoms with E-state index >= 15 is 0 Å². The summed E-state index contributed by atoms with van der Waals surface area (Å²) in [5.74, 6) is -4.51. The molecule has 0 unspecified atom stereocenters. The van der Waals surface area contributed by atoms with Crippen LogP contribution in [-0.2, 0) is 35.3 Å². The van der Waals surface area contributed by atoms with Crippen molar-refractivity contribution in [2.75, 3.05) is 72.0 Å². The van der Waals surface area contributed by atoms with Crippen LogP contribution < -0.4 is 16.0 Å². The van der Waals surface area contributed by atoms with E-state index in [0.717, 1.165) is 5.56 Å². The first-order valence-corrected chi connectivity index (χ1v) is 19.4. The summed E-state index contributed by atoms with van der Waals surface area (Å²) in [4.78, 5) is 83.5. The monoisotopic (exact) mass is 775 g/mol. The lowest BCUT2D eigenvalue weighted by molar-refractivity contribution is -0.143. The zero-order valence-corrected chi connectivity index (χ0v) is 33.5. The Hall–Kier alpha value is -4.12. The predicted molar refractivity (Wildman–Crippen MR) is 208 cm³/mol. The molecule has 1 fully saturated rings. The van der Waals surface area contributed by atoms with Crippen molar-refractivity contribution in [3.8, 4) is 0 Å². The van der Waals surface area contributed by atoms with Gasteiger partial charge in [0.05, 0.1) is 19.6 Å². The van der Waals surface area contributed by atoms with Gasteiger partial charge in [-0.3, -0.25) is 34.0 Å². The van der Waals surface area contributed by atoms with Crippen molar-refractivity contribution in [2.45, 2.75) is 85.5 Å². The normalized spacial score (nSPS) is 17.5. The van der Waals surface area contributed by atoms with E-state index in [1.54, 1.807) is 0 Å². The molecule has 16 nitrogen and oxygen atoms in total. The molecule has 0 spiro atoms. The van der Waals surface area contributed by atoms with Gasteiger partial charge >= 0.3 is 17.9 Å². The molecule has 3 atom stereocenters. The zero-order chi connectivity index (χ0) is 41.1. The smallest absolute Gasteiger partial charge is 0.326 e. The van der Waals surface area contributed by atoms with Crippen molar-refractivity contribution < 1.29 is 44.1 Å². The Labute approximate surface area is 326 Å². The molecule has 0 saturated carbocycles. The number of hydrogen-bond acceptors (Lipinski definition) is 10. The van der Waals surface area contributed by atoms with Gasteiger partial charge in [0.2, 0.25) is 17.7 Å².